The van der Waals surface area contributed by atoms with E-state index in [4.69, 9.17) is 18.6 Å². The molecule has 1 aromatic heterocycles. The first-order chi connectivity index (χ1) is 14.2. The molecule has 0 unspecified atom stereocenters. The van der Waals surface area contributed by atoms with Gasteiger partial charge in [-0.3, -0.25) is 14.2 Å². The van der Waals surface area contributed by atoms with Crippen molar-refractivity contribution in [2.24, 2.45) is 5.41 Å². The molecule has 0 radical (unpaired) electrons. The SMILES string of the molecule is COc1c(P=O)cc2oc(-c3ccccc3)c(OC)c(=O)c2c1OC(=O)C(C)(C)C. The zero-order valence-corrected chi connectivity index (χ0v) is 18.2. The van der Waals surface area contributed by atoms with Gasteiger partial charge in [0.2, 0.25) is 11.2 Å². The molecule has 0 spiro atoms. The van der Waals surface area contributed by atoms with Crippen LogP contribution in [0.4, 0.5) is 0 Å². The number of methoxy groups -OCH3 is 2. The molecule has 0 fully saturated rings. The highest BCUT2D eigenvalue weighted by Crippen LogP contribution is 2.39. The number of fused-ring (bicyclic) bond motifs is 1. The quantitative estimate of drug-likeness (QED) is 0.339. The van der Waals surface area contributed by atoms with E-state index in [1.165, 1.54) is 20.3 Å². The fourth-order valence-corrected chi connectivity index (χ4v) is 3.29. The highest BCUT2D eigenvalue weighted by atomic mass is 31.1. The lowest BCUT2D eigenvalue weighted by atomic mass is 9.97. The lowest BCUT2D eigenvalue weighted by Crippen LogP contribution is -2.27. The number of carbonyl (C=O) groups excluding carboxylic acids is 1. The second-order valence-electron chi connectivity index (χ2n) is 7.52. The van der Waals surface area contributed by atoms with E-state index in [0.29, 0.717) is 5.56 Å². The highest BCUT2D eigenvalue weighted by molar-refractivity contribution is 7.34. The van der Waals surface area contributed by atoms with Crippen LogP contribution in [0.1, 0.15) is 20.8 Å². The van der Waals surface area contributed by atoms with Gasteiger partial charge in [-0.2, -0.15) is 0 Å². The van der Waals surface area contributed by atoms with Crippen molar-refractivity contribution in [1.82, 2.24) is 0 Å². The average Bonchev–Trinajstić information content (AvgIpc) is 2.72. The first-order valence-electron chi connectivity index (χ1n) is 9.09. The summed E-state index contributed by atoms with van der Waals surface area (Å²) < 4.78 is 34.0. The van der Waals surface area contributed by atoms with Crippen molar-refractivity contribution in [2.75, 3.05) is 14.2 Å². The monoisotopic (exact) mass is 428 g/mol. The first-order valence-corrected chi connectivity index (χ1v) is 9.91. The molecule has 0 aliphatic carbocycles. The molecular weight excluding hydrogens is 407 g/mol. The predicted octanol–water partition coefficient (Wildman–Crippen LogP) is 4.35. The first kappa shape index (κ1) is 21.5. The largest absolute Gasteiger partial charge is 0.492 e. The van der Waals surface area contributed by atoms with Crippen LogP contribution in [0, 0.1) is 5.41 Å². The number of esters is 1. The van der Waals surface area contributed by atoms with Gasteiger partial charge in [0, 0.05) is 11.6 Å². The van der Waals surface area contributed by atoms with E-state index in [9.17, 15) is 14.2 Å². The van der Waals surface area contributed by atoms with Gasteiger partial charge in [-0.15, -0.1) is 0 Å². The summed E-state index contributed by atoms with van der Waals surface area (Å²) in [4.78, 5) is 25.9. The highest BCUT2D eigenvalue weighted by Gasteiger charge is 2.30. The van der Waals surface area contributed by atoms with E-state index in [0.717, 1.165) is 0 Å². The molecule has 2 aromatic carbocycles. The van der Waals surface area contributed by atoms with E-state index >= 15 is 0 Å². The summed E-state index contributed by atoms with van der Waals surface area (Å²) in [5.74, 6) is -0.565. The molecule has 1 heterocycles. The van der Waals surface area contributed by atoms with Crippen molar-refractivity contribution in [3.05, 3.63) is 46.6 Å². The van der Waals surface area contributed by atoms with Crippen LogP contribution in [-0.4, -0.2) is 20.2 Å². The van der Waals surface area contributed by atoms with Gasteiger partial charge in [0.25, 0.3) is 0 Å². The normalized spacial score (nSPS) is 11.5. The molecule has 0 N–H and O–H groups in total. The lowest BCUT2D eigenvalue weighted by Gasteiger charge is -2.19. The van der Waals surface area contributed by atoms with Gasteiger partial charge in [0.1, 0.15) is 11.0 Å². The zero-order valence-electron chi connectivity index (χ0n) is 17.3. The van der Waals surface area contributed by atoms with Gasteiger partial charge in [-0.05, 0) is 20.8 Å². The molecule has 0 aliphatic heterocycles. The number of carbonyl (C=O) groups is 1. The molecule has 0 saturated heterocycles. The van der Waals surface area contributed by atoms with Gasteiger partial charge in [0.05, 0.1) is 24.9 Å². The molecule has 3 rings (SSSR count). The summed E-state index contributed by atoms with van der Waals surface area (Å²) in [6, 6.07) is 10.4. The van der Waals surface area contributed by atoms with Crippen LogP contribution in [0.3, 0.4) is 0 Å². The minimum absolute atomic E-state index is 0.0126. The van der Waals surface area contributed by atoms with Crippen LogP contribution in [0.5, 0.6) is 17.2 Å². The van der Waals surface area contributed by atoms with Crippen LogP contribution in [0.15, 0.2) is 45.6 Å². The number of rotatable bonds is 5. The molecule has 0 atom stereocenters. The molecule has 30 heavy (non-hydrogen) atoms. The Morgan fingerprint density at radius 2 is 1.63 bits per heavy atom. The second-order valence-corrected chi connectivity index (χ2v) is 8.19. The maximum atomic E-state index is 13.4. The Balaban J connectivity index is 2.42. The predicted molar refractivity (Wildman–Crippen MR) is 113 cm³/mol. The smallest absolute Gasteiger partial charge is 0.316 e. The van der Waals surface area contributed by atoms with Crippen LogP contribution >= 0.6 is 8.46 Å². The van der Waals surface area contributed by atoms with E-state index in [1.54, 1.807) is 45.0 Å². The summed E-state index contributed by atoms with van der Waals surface area (Å²) in [5.41, 5.74) is -0.674. The topological polar surface area (TPSA) is 92.0 Å². The van der Waals surface area contributed by atoms with Crippen molar-refractivity contribution >= 4 is 30.7 Å². The maximum Gasteiger partial charge on any atom is 0.316 e. The molecule has 0 bridgehead atoms. The molecular formula is C22H21O7P. The Morgan fingerprint density at radius 1 is 1.00 bits per heavy atom. The number of hydrogen-bond acceptors (Lipinski definition) is 7. The van der Waals surface area contributed by atoms with Gasteiger partial charge >= 0.3 is 5.97 Å². The van der Waals surface area contributed by atoms with Gasteiger partial charge in [0.15, 0.2) is 25.7 Å². The molecule has 0 amide bonds. The number of hydrogen-bond donors (Lipinski definition) is 0. The van der Waals surface area contributed by atoms with Crippen LogP contribution < -0.4 is 24.9 Å². The third-order valence-electron chi connectivity index (χ3n) is 4.38. The van der Waals surface area contributed by atoms with Crippen LogP contribution in [0.25, 0.3) is 22.3 Å². The number of ether oxygens (including phenoxy) is 3. The Hall–Kier alpha value is -3.18. The Bertz CT molecular complexity index is 1170. The van der Waals surface area contributed by atoms with E-state index in [-0.39, 0.29) is 39.3 Å². The van der Waals surface area contributed by atoms with Crippen molar-refractivity contribution in [3.63, 3.8) is 0 Å². The Labute approximate surface area is 174 Å². The minimum atomic E-state index is -0.850. The van der Waals surface area contributed by atoms with E-state index < -0.39 is 25.3 Å². The van der Waals surface area contributed by atoms with Crippen molar-refractivity contribution in [1.29, 1.82) is 0 Å². The molecule has 156 valence electrons. The fraction of sp³-hybridized carbons (Fsp3) is 0.273. The molecule has 8 heteroatoms. The standard InChI is InChI=1S/C22H21O7P/c1-22(2,3)21(24)29-19-15-13(11-14(30-25)18(19)26-4)28-17(20(27-5)16(15)23)12-9-7-6-8-10-12/h6-11H,1-5H3. The average molecular weight is 428 g/mol. The van der Waals surface area contributed by atoms with Gasteiger partial charge in [-0.25, -0.2) is 0 Å². The van der Waals surface area contributed by atoms with Crippen LogP contribution in [0.2, 0.25) is 0 Å². The van der Waals surface area contributed by atoms with Crippen molar-refractivity contribution in [3.8, 4) is 28.6 Å². The third-order valence-corrected chi connectivity index (χ3v) is 4.91. The van der Waals surface area contributed by atoms with Crippen LogP contribution in [-0.2, 0) is 9.36 Å². The summed E-state index contributed by atoms with van der Waals surface area (Å²) in [5, 5.41) is 0.141. The summed E-state index contributed by atoms with van der Waals surface area (Å²) >= 11 is 0. The molecule has 0 saturated carbocycles. The van der Waals surface area contributed by atoms with Crippen molar-refractivity contribution in [2.45, 2.75) is 20.8 Å². The summed E-state index contributed by atoms with van der Waals surface area (Å²) in [6.45, 7) is 5.03. The van der Waals surface area contributed by atoms with Gasteiger partial charge < -0.3 is 18.6 Å². The minimum Gasteiger partial charge on any atom is -0.492 e. The molecule has 0 aliphatic rings. The zero-order chi connectivity index (χ0) is 22.1. The molecule has 7 nitrogen and oxygen atoms in total. The third kappa shape index (κ3) is 3.81. The Kier molecular flexibility index (Phi) is 5.94. The number of benzene rings is 2. The fourth-order valence-electron chi connectivity index (χ4n) is 2.85. The second kappa shape index (κ2) is 8.28. The van der Waals surface area contributed by atoms with E-state index in [1.807, 2.05) is 6.07 Å². The lowest BCUT2D eigenvalue weighted by molar-refractivity contribution is -0.143. The summed E-state index contributed by atoms with van der Waals surface area (Å²) in [6.07, 6.45) is 0. The van der Waals surface area contributed by atoms with E-state index in [2.05, 4.69) is 0 Å². The maximum absolute atomic E-state index is 13.4. The van der Waals surface area contributed by atoms with Gasteiger partial charge in [-0.1, -0.05) is 30.3 Å². The van der Waals surface area contributed by atoms with Crippen molar-refractivity contribution < 1.29 is 28.0 Å². The summed E-state index contributed by atoms with van der Waals surface area (Å²) in [7, 11) is 2.30. The Morgan fingerprint density at radius 3 is 2.17 bits per heavy atom. The molecule has 3 aromatic rings.